The summed E-state index contributed by atoms with van der Waals surface area (Å²) in [6.07, 6.45) is -5.15. The van der Waals surface area contributed by atoms with Crippen molar-refractivity contribution < 1.29 is 13.2 Å². The lowest BCUT2D eigenvalue weighted by Gasteiger charge is -2.19. The molecule has 0 spiro atoms. The minimum atomic E-state index is -4.19. The summed E-state index contributed by atoms with van der Waals surface area (Å²) in [6.45, 7) is 4.08. The first-order chi connectivity index (χ1) is 6.74. The third-order valence-corrected chi connectivity index (χ3v) is 2.96. The largest absolute Gasteiger partial charge is 0.395 e. The maximum atomic E-state index is 12.1. The van der Waals surface area contributed by atoms with Crippen LogP contribution < -0.4 is 5.73 Å². The van der Waals surface area contributed by atoms with Gasteiger partial charge in [-0.3, -0.25) is 0 Å². The van der Waals surface area contributed by atoms with Crippen LogP contribution in [0.15, 0.2) is 5.38 Å². The van der Waals surface area contributed by atoms with E-state index >= 15 is 0 Å². The fraction of sp³-hybridized carbons (Fsp3) is 0.667. The standard InChI is InChI=1S/C9H13F3N2S/c1-8(2,5-13)6-4-15-7(14-6)3-9(10,11)12/h4H,3,5,13H2,1-2H3. The second-order valence-electron chi connectivity index (χ2n) is 4.01. The molecule has 0 aliphatic carbocycles. The van der Waals surface area contributed by atoms with E-state index in [2.05, 4.69) is 4.98 Å². The molecule has 0 aliphatic heterocycles. The Kier molecular flexibility index (Phi) is 3.40. The molecular formula is C9H13F3N2S. The van der Waals surface area contributed by atoms with E-state index in [9.17, 15) is 13.2 Å². The Hall–Kier alpha value is -0.620. The second-order valence-corrected chi connectivity index (χ2v) is 4.95. The maximum absolute atomic E-state index is 12.1. The smallest absolute Gasteiger partial charge is 0.330 e. The summed E-state index contributed by atoms with van der Waals surface area (Å²) < 4.78 is 36.2. The van der Waals surface area contributed by atoms with E-state index in [0.717, 1.165) is 11.3 Å². The Morgan fingerprint density at radius 2 is 2.00 bits per heavy atom. The number of rotatable bonds is 3. The van der Waals surface area contributed by atoms with Crippen LogP contribution in [0.1, 0.15) is 24.5 Å². The van der Waals surface area contributed by atoms with Gasteiger partial charge in [0.2, 0.25) is 0 Å². The van der Waals surface area contributed by atoms with Crippen molar-refractivity contribution in [3.63, 3.8) is 0 Å². The minimum Gasteiger partial charge on any atom is -0.330 e. The average Bonchev–Trinajstić information content (AvgIpc) is 2.50. The lowest BCUT2D eigenvalue weighted by atomic mass is 9.90. The fourth-order valence-electron chi connectivity index (χ4n) is 0.979. The van der Waals surface area contributed by atoms with Gasteiger partial charge in [-0.05, 0) is 0 Å². The van der Waals surface area contributed by atoms with Crippen molar-refractivity contribution in [1.29, 1.82) is 0 Å². The van der Waals surface area contributed by atoms with Crippen molar-refractivity contribution in [2.45, 2.75) is 31.9 Å². The summed E-state index contributed by atoms with van der Waals surface area (Å²) in [7, 11) is 0. The summed E-state index contributed by atoms with van der Waals surface area (Å²) in [4.78, 5) is 3.96. The van der Waals surface area contributed by atoms with Gasteiger partial charge in [0.15, 0.2) is 0 Å². The van der Waals surface area contributed by atoms with Gasteiger partial charge in [0.25, 0.3) is 0 Å². The number of nitrogens with two attached hydrogens (primary N) is 1. The topological polar surface area (TPSA) is 38.9 Å². The molecule has 6 heteroatoms. The molecule has 0 atom stereocenters. The Bertz CT molecular complexity index is 330. The summed E-state index contributed by atoms with van der Waals surface area (Å²) in [6, 6.07) is 0. The molecule has 1 aromatic rings. The van der Waals surface area contributed by atoms with Crippen LogP contribution in [0.3, 0.4) is 0 Å². The minimum absolute atomic E-state index is 0.0963. The first kappa shape index (κ1) is 12.4. The van der Waals surface area contributed by atoms with Crippen molar-refractivity contribution in [3.05, 3.63) is 16.1 Å². The van der Waals surface area contributed by atoms with Crippen LogP contribution in [0.25, 0.3) is 0 Å². The van der Waals surface area contributed by atoms with Gasteiger partial charge in [-0.1, -0.05) is 13.8 Å². The monoisotopic (exact) mass is 238 g/mol. The first-order valence-corrected chi connectivity index (χ1v) is 5.34. The highest BCUT2D eigenvalue weighted by atomic mass is 32.1. The number of thiazole rings is 1. The predicted octanol–water partition coefficient (Wildman–Crippen LogP) is 2.48. The molecule has 0 saturated carbocycles. The molecule has 1 rings (SSSR count). The second kappa shape index (κ2) is 4.09. The van der Waals surface area contributed by atoms with Gasteiger partial charge in [0.05, 0.1) is 12.1 Å². The van der Waals surface area contributed by atoms with E-state index in [1.165, 1.54) is 0 Å². The van der Waals surface area contributed by atoms with Crippen molar-refractivity contribution in [2.75, 3.05) is 6.54 Å². The molecule has 0 radical (unpaired) electrons. The molecule has 1 heterocycles. The van der Waals surface area contributed by atoms with Crippen molar-refractivity contribution >= 4 is 11.3 Å². The summed E-state index contributed by atoms with van der Waals surface area (Å²) in [5, 5.41) is 1.74. The molecule has 0 aliphatic rings. The molecule has 2 nitrogen and oxygen atoms in total. The zero-order valence-electron chi connectivity index (χ0n) is 8.56. The Morgan fingerprint density at radius 1 is 1.40 bits per heavy atom. The first-order valence-electron chi connectivity index (χ1n) is 4.46. The lowest BCUT2D eigenvalue weighted by Crippen LogP contribution is -2.28. The van der Waals surface area contributed by atoms with Crippen LogP contribution in [0.4, 0.5) is 13.2 Å². The molecule has 15 heavy (non-hydrogen) atoms. The summed E-state index contributed by atoms with van der Waals surface area (Å²) in [5.41, 5.74) is 5.79. The van der Waals surface area contributed by atoms with Gasteiger partial charge >= 0.3 is 6.18 Å². The Balaban J connectivity index is 2.81. The van der Waals surface area contributed by atoms with Gasteiger partial charge < -0.3 is 5.73 Å². The SMILES string of the molecule is CC(C)(CN)c1csc(CC(F)(F)F)n1. The van der Waals surface area contributed by atoms with Crippen molar-refractivity contribution in [2.24, 2.45) is 5.73 Å². The van der Waals surface area contributed by atoms with Gasteiger partial charge in [0, 0.05) is 17.3 Å². The van der Waals surface area contributed by atoms with E-state index < -0.39 is 12.6 Å². The molecule has 0 fully saturated rings. The highest BCUT2D eigenvalue weighted by molar-refractivity contribution is 7.09. The quantitative estimate of drug-likeness (QED) is 0.878. The van der Waals surface area contributed by atoms with E-state index in [1.807, 2.05) is 13.8 Å². The molecule has 0 amide bonds. The van der Waals surface area contributed by atoms with Crippen LogP contribution >= 0.6 is 11.3 Å². The average molecular weight is 238 g/mol. The number of alkyl halides is 3. The van der Waals surface area contributed by atoms with Crippen LogP contribution in [0.5, 0.6) is 0 Å². The zero-order valence-corrected chi connectivity index (χ0v) is 9.37. The number of aromatic nitrogens is 1. The number of hydrogen-bond donors (Lipinski definition) is 1. The van der Waals surface area contributed by atoms with E-state index in [1.54, 1.807) is 5.38 Å². The van der Waals surface area contributed by atoms with Crippen LogP contribution in [0, 0.1) is 0 Å². The Morgan fingerprint density at radius 3 is 2.47 bits per heavy atom. The van der Waals surface area contributed by atoms with Gasteiger partial charge in [-0.2, -0.15) is 13.2 Å². The van der Waals surface area contributed by atoms with Crippen molar-refractivity contribution in [1.82, 2.24) is 4.98 Å². The normalized spacial score (nSPS) is 13.2. The third-order valence-electron chi connectivity index (χ3n) is 2.11. The molecule has 0 bridgehead atoms. The molecule has 86 valence electrons. The molecule has 0 aromatic carbocycles. The number of nitrogens with zero attached hydrogens (tertiary/aromatic N) is 1. The van der Waals surface area contributed by atoms with Gasteiger partial charge in [0.1, 0.15) is 5.01 Å². The molecule has 2 N–H and O–H groups in total. The number of hydrogen-bond acceptors (Lipinski definition) is 3. The van der Waals surface area contributed by atoms with E-state index in [4.69, 9.17) is 5.73 Å². The van der Waals surface area contributed by atoms with Crippen LogP contribution in [-0.2, 0) is 11.8 Å². The lowest BCUT2D eigenvalue weighted by molar-refractivity contribution is -0.127. The van der Waals surface area contributed by atoms with Gasteiger partial charge in [-0.15, -0.1) is 11.3 Å². The molecule has 1 aromatic heterocycles. The highest BCUT2D eigenvalue weighted by Gasteiger charge is 2.30. The maximum Gasteiger partial charge on any atom is 0.395 e. The van der Waals surface area contributed by atoms with Crippen LogP contribution in [-0.4, -0.2) is 17.7 Å². The van der Waals surface area contributed by atoms with Crippen molar-refractivity contribution in [3.8, 4) is 0 Å². The number of halogens is 3. The Labute approximate surface area is 90.3 Å². The van der Waals surface area contributed by atoms with Gasteiger partial charge in [-0.25, -0.2) is 4.98 Å². The van der Waals surface area contributed by atoms with Crippen LogP contribution in [0.2, 0.25) is 0 Å². The summed E-state index contributed by atoms with van der Waals surface area (Å²) >= 11 is 1.03. The highest BCUT2D eigenvalue weighted by Crippen LogP contribution is 2.27. The fourth-order valence-corrected chi connectivity index (χ4v) is 2.00. The third kappa shape index (κ3) is 3.46. The van der Waals surface area contributed by atoms with E-state index in [-0.39, 0.29) is 10.4 Å². The summed E-state index contributed by atoms with van der Waals surface area (Å²) in [5.74, 6) is 0. The predicted molar refractivity (Wildman–Crippen MR) is 54.0 cm³/mol. The molecule has 0 unspecified atom stereocenters. The molecule has 0 saturated heterocycles. The zero-order chi connectivity index (χ0) is 11.7. The molecular weight excluding hydrogens is 225 g/mol. The van der Waals surface area contributed by atoms with E-state index in [0.29, 0.717) is 12.2 Å².